The molecule has 1 saturated heterocycles. The minimum atomic E-state index is -0.192. The van der Waals surface area contributed by atoms with Crippen molar-refractivity contribution in [1.82, 2.24) is 4.90 Å². The number of nitrogens with zero attached hydrogens (tertiary/aromatic N) is 2. The van der Waals surface area contributed by atoms with E-state index >= 15 is 0 Å². The molecule has 1 heterocycles. The summed E-state index contributed by atoms with van der Waals surface area (Å²) in [6.45, 7) is 6.96. The van der Waals surface area contributed by atoms with Gasteiger partial charge in [-0.1, -0.05) is 25.1 Å². The highest BCUT2D eigenvalue weighted by Gasteiger charge is 2.20. The number of rotatable bonds is 6. The fourth-order valence-electron chi connectivity index (χ4n) is 3.25. The van der Waals surface area contributed by atoms with Gasteiger partial charge in [-0.2, -0.15) is 0 Å². The molecule has 3 rings (SSSR count). The number of anilines is 2. The van der Waals surface area contributed by atoms with Crippen LogP contribution in [0.1, 0.15) is 18.9 Å². The third-order valence-electron chi connectivity index (χ3n) is 4.90. The number of ether oxygens (including phenoxy) is 1. The smallest absolute Gasteiger partial charge is 0.262 e. The minimum absolute atomic E-state index is 0.0278. The third-order valence-corrected chi connectivity index (χ3v) is 4.90. The molecule has 2 aromatic rings. The van der Waals surface area contributed by atoms with Crippen LogP contribution < -0.4 is 15.0 Å². The number of hydrogen-bond donors (Lipinski definition) is 1. The summed E-state index contributed by atoms with van der Waals surface area (Å²) in [5.41, 5.74) is 2.83. The van der Waals surface area contributed by atoms with Gasteiger partial charge in [0.25, 0.3) is 5.91 Å². The van der Waals surface area contributed by atoms with Gasteiger partial charge in [0.2, 0.25) is 5.91 Å². The van der Waals surface area contributed by atoms with E-state index in [0.29, 0.717) is 12.2 Å². The molecule has 1 N–H and O–H groups in total. The van der Waals surface area contributed by atoms with Crippen molar-refractivity contribution >= 4 is 23.2 Å². The Kier molecular flexibility index (Phi) is 6.53. The molecule has 6 heteroatoms. The van der Waals surface area contributed by atoms with Gasteiger partial charge in [0.1, 0.15) is 5.75 Å². The van der Waals surface area contributed by atoms with Crippen LogP contribution in [0.4, 0.5) is 11.4 Å². The van der Waals surface area contributed by atoms with Gasteiger partial charge < -0.3 is 19.9 Å². The van der Waals surface area contributed by atoms with E-state index in [-0.39, 0.29) is 18.4 Å². The first kappa shape index (κ1) is 19.7. The van der Waals surface area contributed by atoms with E-state index < -0.39 is 0 Å². The van der Waals surface area contributed by atoms with Gasteiger partial charge in [0.15, 0.2) is 6.61 Å². The van der Waals surface area contributed by atoms with E-state index in [9.17, 15) is 9.59 Å². The summed E-state index contributed by atoms with van der Waals surface area (Å²) in [7, 11) is 0. The number of carbonyl (C=O) groups excluding carboxylic acids is 2. The second-order valence-electron chi connectivity index (χ2n) is 6.87. The Morgan fingerprint density at radius 2 is 1.68 bits per heavy atom. The summed E-state index contributed by atoms with van der Waals surface area (Å²) in [6.07, 6.45) is 0.557. The Morgan fingerprint density at radius 3 is 2.32 bits per heavy atom. The molecule has 0 spiro atoms. The van der Waals surface area contributed by atoms with Crippen LogP contribution in [0.15, 0.2) is 48.5 Å². The number of nitrogens with one attached hydrogen (secondary N) is 1. The van der Waals surface area contributed by atoms with E-state index in [4.69, 9.17) is 4.74 Å². The topological polar surface area (TPSA) is 61.9 Å². The van der Waals surface area contributed by atoms with Gasteiger partial charge in [-0.25, -0.2) is 0 Å². The molecule has 0 atom stereocenters. The molecule has 28 heavy (non-hydrogen) atoms. The van der Waals surface area contributed by atoms with Crippen molar-refractivity contribution in [1.29, 1.82) is 0 Å². The number of aryl methyl sites for hydroxylation is 1. The van der Waals surface area contributed by atoms with Crippen molar-refractivity contribution < 1.29 is 14.3 Å². The number of piperazine rings is 1. The van der Waals surface area contributed by atoms with Crippen molar-refractivity contribution in [3.8, 4) is 5.75 Å². The SMILES string of the molecule is CCC(=O)N1CCN(c2ccc(NC(=O)COc3ccccc3C)cc2)CC1. The van der Waals surface area contributed by atoms with Crippen LogP contribution in [0.5, 0.6) is 5.75 Å². The second kappa shape index (κ2) is 9.26. The first-order chi connectivity index (χ1) is 13.6. The normalized spacial score (nSPS) is 13.9. The van der Waals surface area contributed by atoms with Crippen LogP contribution >= 0.6 is 0 Å². The van der Waals surface area contributed by atoms with Crippen molar-refractivity contribution in [2.24, 2.45) is 0 Å². The van der Waals surface area contributed by atoms with E-state index in [1.807, 2.05) is 67.3 Å². The molecule has 0 radical (unpaired) electrons. The molecule has 0 aliphatic carbocycles. The summed E-state index contributed by atoms with van der Waals surface area (Å²) in [6, 6.07) is 15.4. The quantitative estimate of drug-likeness (QED) is 0.835. The second-order valence-corrected chi connectivity index (χ2v) is 6.87. The number of carbonyl (C=O) groups is 2. The molecule has 0 unspecified atom stereocenters. The molecule has 0 saturated carbocycles. The van der Waals surface area contributed by atoms with E-state index in [1.54, 1.807) is 0 Å². The van der Waals surface area contributed by atoms with Crippen LogP contribution in [0.2, 0.25) is 0 Å². The number of amides is 2. The molecule has 2 aromatic carbocycles. The zero-order valence-electron chi connectivity index (χ0n) is 16.5. The molecule has 2 amide bonds. The molecule has 6 nitrogen and oxygen atoms in total. The lowest BCUT2D eigenvalue weighted by atomic mass is 10.2. The van der Waals surface area contributed by atoms with Crippen LogP contribution in [0.25, 0.3) is 0 Å². The van der Waals surface area contributed by atoms with Gasteiger partial charge in [-0.3, -0.25) is 9.59 Å². The Labute approximate surface area is 166 Å². The average molecular weight is 381 g/mol. The molecule has 1 aliphatic heterocycles. The molecule has 0 bridgehead atoms. The van der Waals surface area contributed by atoms with Crippen molar-refractivity contribution in [3.63, 3.8) is 0 Å². The van der Waals surface area contributed by atoms with Gasteiger partial charge in [0.05, 0.1) is 0 Å². The Bertz CT molecular complexity index is 812. The minimum Gasteiger partial charge on any atom is -0.483 e. The Balaban J connectivity index is 1.48. The molecule has 1 aliphatic rings. The predicted octanol–water partition coefficient (Wildman–Crippen LogP) is 3.07. The first-order valence-electron chi connectivity index (χ1n) is 9.68. The van der Waals surface area contributed by atoms with Crippen LogP contribution in [0.3, 0.4) is 0 Å². The predicted molar refractivity (Wildman–Crippen MR) is 111 cm³/mol. The van der Waals surface area contributed by atoms with E-state index in [0.717, 1.165) is 43.1 Å². The number of hydrogen-bond acceptors (Lipinski definition) is 4. The van der Waals surface area contributed by atoms with Gasteiger partial charge in [-0.05, 0) is 42.8 Å². The highest BCUT2D eigenvalue weighted by atomic mass is 16.5. The van der Waals surface area contributed by atoms with Gasteiger partial charge in [0, 0.05) is 44.0 Å². The fourth-order valence-corrected chi connectivity index (χ4v) is 3.25. The maximum absolute atomic E-state index is 12.1. The molecule has 148 valence electrons. The highest BCUT2D eigenvalue weighted by Crippen LogP contribution is 2.20. The third kappa shape index (κ3) is 5.03. The summed E-state index contributed by atoms with van der Waals surface area (Å²) in [5, 5.41) is 2.86. The van der Waals surface area contributed by atoms with Gasteiger partial charge in [-0.15, -0.1) is 0 Å². The van der Waals surface area contributed by atoms with Crippen LogP contribution in [-0.4, -0.2) is 49.5 Å². The summed E-state index contributed by atoms with van der Waals surface area (Å²) in [5.74, 6) is 0.738. The van der Waals surface area contributed by atoms with Crippen LogP contribution in [-0.2, 0) is 9.59 Å². The average Bonchev–Trinajstić information content (AvgIpc) is 2.73. The van der Waals surface area contributed by atoms with E-state index in [2.05, 4.69) is 10.2 Å². The van der Waals surface area contributed by atoms with Crippen molar-refractivity contribution in [2.45, 2.75) is 20.3 Å². The molecular weight excluding hydrogens is 354 g/mol. The van der Waals surface area contributed by atoms with Crippen LogP contribution in [0, 0.1) is 6.92 Å². The summed E-state index contributed by atoms with van der Waals surface area (Å²) in [4.78, 5) is 28.1. The fraction of sp³-hybridized carbons (Fsp3) is 0.364. The maximum atomic E-state index is 12.1. The summed E-state index contributed by atoms with van der Waals surface area (Å²) >= 11 is 0. The zero-order valence-corrected chi connectivity index (χ0v) is 16.5. The molecule has 1 fully saturated rings. The maximum Gasteiger partial charge on any atom is 0.262 e. The Hall–Kier alpha value is -3.02. The summed E-state index contributed by atoms with van der Waals surface area (Å²) < 4.78 is 5.58. The van der Waals surface area contributed by atoms with Gasteiger partial charge >= 0.3 is 0 Å². The first-order valence-corrected chi connectivity index (χ1v) is 9.68. The largest absolute Gasteiger partial charge is 0.483 e. The lowest BCUT2D eigenvalue weighted by Crippen LogP contribution is -2.48. The van der Waals surface area contributed by atoms with Crippen molar-refractivity contribution in [3.05, 3.63) is 54.1 Å². The highest BCUT2D eigenvalue weighted by molar-refractivity contribution is 5.92. The number of para-hydroxylation sites is 1. The lowest BCUT2D eigenvalue weighted by Gasteiger charge is -2.36. The zero-order chi connectivity index (χ0) is 19.9. The van der Waals surface area contributed by atoms with E-state index in [1.165, 1.54) is 0 Å². The molecular formula is C22H27N3O3. The van der Waals surface area contributed by atoms with Crippen molar-refractivity contribution in [2.75, 3.05) is 43.0 Å². The Morgan fingerprint density at radius 1 is 1.00 bits per heavy atom. The standard InChI is InChI=1S/C22H27N3O3/c1-3-22(27)25-14-12-24(13-15-25)19-10-8-18(9-11-19)23-21(26)16-28-20-7-5-4-6-17(20)2/h4-11H,3,12-16H2,1-2H3,(H,23,26). The molecule has 0 aromatic heterocycles. The monoisotopic (exact) mass is 381 g/mol. The lowest BCUT2D eigenvalue weighted by molar-refractivity contribution is -0.131. The number of benzene rings is 2.